The van der Waals surface area contributed by atoms with Crippen LogP contribution >= 0.6 is 34.5 Å². The second-order valence-corrected chi connectivity index (χ2v) is 7.18. The van der Waals surface area contributed by atoms with Crippen LogP contribution in [0.5, 0.6) is 0 Å². The number of unbranched alkanes of at least 4 members (excludes halogenated alkanes) is 3. The van der Waals surface area contributed by atoms with Crippen molar-refractivity contribution in [2.45, 2.75) is 45.4 Å². The van der Waals surface area contributed by atoms with Gasteiger partial charge in [-0.3, -0.25) is 4.79 Å². The molecule has 0 aliphatic carbocycles. The fourth-order valence-electron chi connectivity index (χ4n) is 2.10. The molecule has 1 aromatic heterocycles. The highest BCUT2D eigenvalue weighted by molar-refractivity contribution is 7.15. The zero-order valence-electron chi connectivity index (χ0n) is 12.9. The van der Waals surface area contributed by atoms with Crippen LogP contribution < -0.4 is 5.32 Å². The molecule has 1 heterocycles. The third kappa shape index (κ3) is 6.09. The second kappa shape index (κ2) is 9.21. The van der Waals surface area contributed by atoms with Gasteiger partial charge in [0.2, 0.25) is 11.0 Å². The Morgan fingerprint density at radius 1 is 1.22 bits per heavy atom. The van der Waals surface area contributed by atoms with Gasteiger partial charge in [0.05, 0.1) is 0 Å². The number of aromatic nitrogens is 2. The molecule has 23 heavy (non-hydrogen) atoms. The van der Waals surface area contributed by atoms with Gasteiger partial charge in [0, 0.05) is 22.9 Å². The van der Waals surface area contributed by atoms with Gasteiger partial charge >= 0.3 is 0 Å². The predicted molar refractivity (Wildman–Crippen MR) is 96.6 cm³/mol. The molecule has 0 atom stereocenters. The summed E-state index contributed by atoms with van der Waals surface area (Å²) >= 11 is 13.4. The van der Waals surface area contributed by atoms with Crippen molar-refractivity contribution in [1.29, 1.82) is 0 Å². The molecular formula is C16H19Cl2N3OS. The van der Waals surface area contributed by atoms with Gasteiger partial charge in [-0.1, -0.05) is 66.8 Å². The second-order valence-electron chi connectivity index (χ2n) is 5.27. The van der Waals surface area contributed by atoms with Crippen LogP contribution in [-0.4, -0.2) is 16.1 Å². The van der Waals surface area contributed by atoms with Crippen LogP contribution in [0.25, 0.3) is 0 Å². The third-order valence-corrected chi connectivity index (χ3v) is 4.75. The molecule has 0 bridgehead atoms. The molecule has 124 valence electrons. The van der Waals surface area contributed by atoms with Crippen LogP contribution in [0.4, 0.5) is 5.13 Å². The Bertz CT molecular complexity index is 661. The minimum atomic E-state index is -0.00618. The van der Waals surface area contributed by atoms with Crippen molar-refractivity contribution in [1.82, 2.24) is 10.2 Å². The highest BCUT2D eigenvalue weighted by Crippen LogP contribution is 2.25. The van der Waals surface area contributed by atoms with Gasteiger partial charge < -0.3 is 5.32 Å². The highest BCUT2D eigenvalue weighted by atomic mass is 35.5. The summed E-state index contributed by atoms with van der Waals surface area (Å²) in [5, 5.41) is 13.5. The number of rotatable bonds is 8. The van der Waals surface area contributed by atoms with Crippen molar-refractivity contribution in [3.63, 3.8) is 0 Å². The van der Waals surface area contributed by atoms with Gasteiger partial charge in [-0.15, -0.1) is 10.2 Å². The van der Waals surface area contributed by atoms with E-state index in [1.165, 1.54) is 11.3 Å². The maximum absolute atomic E-state index is 11.8. The number of hydrogen-bond donors (Lipinski definition) is 1. The summed E-state index contributed by atoms with van der Waals surface area (Å²) in [5.41, 5.74) is 0.935. The summed E-state index contributed by atoms with van der Waals surface area (Å²) < 4.78 is 0. The normalized spacial score (nSPS) is 10.7. The molecule has 2 rings (SSSR count). The number of amides is 1. The topological polar surface area (TPSA) is 54.9 Å². The van der Waals surface area contributed by atoms with E-state index in [2.05, 4.69) is 22.4 Å². The molecule has 1 aromatic carbocycles. The number of halogens is 2. The van der Waals surface area contributed by atoms with Crippen molar-refractivity contribution in [3.8, 4) is 0 Å². The number of hydrogen-bond acceptors (Lipinski definition) is 4. The lowest BCUT2D eigenvalue weighted by atomic mass is 10.1. The van der Waals surface area contributed by atoms with E-state index in [0.717, 1.165) is 36.3 Å². The van der Waals surface area contributed by atoms with Crippen molar-refractivity contribution >= 4 is 45.6 Å². The first-order valence-electron chi connectivity index (χ1n) is 7.64. The molecule has 4 nitrogen and oxygen atoms in total. The number of carbonyl (C=O) groups is 1. The fraction of sp³-hybridized carbons (Fsp3) is 0.438. The van der Waals surface area contributed by atoms with E-state index >= 15 is 0 Å². The number of nitrogens with one attached hydrogen (secondary N) is 1. The fourth-order valence-corrected chi connectivity index (χ4v) is 3.35. The zero-order valence-corrected chi connectivity index (χ0v) is 15.3. The number of benzene rings is 1. The zero-order chi connectivity index (χ0) is 16.7. The molecule has 7 heteroatoms. The third-order valence-electron chi connectivity index (χ3n) is 3.33. The summed E-state index contributed by atoms with van der Waals surface area (Å²) in [6.07, 6.45) is 5.41. The molecule has 0 unspecified atom stereocenters. The van der Waals surface area contributed by atoms with E-state index < -0.39 is 0 Å². The van der Waals surface area contributed by atoms with Gasteiger partial charge in [0.1, 0.15) is 5.01 Å². The minimum Gasteiger partial charge on any atom is -0.301 e. The lowest BCUT2D eigenvalue weighted by Crippen LogP contribution is -2.10. The Kier molecular flexibility index (Phi) is 7.27. The highest BCUT2D eigenvalue weighted by Gasteiger charge is 2.10. The van der Waals surface area contributed by atoms with E-state index in [-0.39, 0.29) is 5.91 Å². The number of carbonyl (C=O) groups excluding carboxylic acids is 1. The molecule has 0 aliphatic rings. The first-order chi connectivity index (χ1) is 11.1. The van der Waals surface area contributed by atoms with E-state index in [1.807, 2.05) is 6.07 Å². The largest absolute Gasteiger partial charge is 0.301 e. The Hall–Kier alpha value is -1.17. The van der Waals surface area contributed by atoms with E-state index in [0.29, 0.717) is 28.0 Å². The number of nitrogens with zero attached hydrogens (tertiary/aromatic N) is 2. The average Bonchev–Trinajstić information content (AvgIpc) is 2.94. The van der Waals surface area contributed by atoms with E-state index in [4.69, 9.17) is 23.2 Å². The molecule has 0 aliphatic heterocycles. The standard InChI is InChI=1S/C16H19Cl2N3OS/c1-2-3-4-5-6-14(22)19-16-21-20-15(23-16)9-11-7-8-12(17)10-13(11)18/h7-8,10H,2-6,9H2,1H3,(H,19,21,22). The summed E-state index contributed by atoms with van der Waals surface area (Å²) in [5.74, 6) is -0.00618. The molecule has 0 saturated heterocycles. The molecule has 0 saturated carbocycles. The molecule has 2 aromatic rings. The lowest BCUT2D eigenvalue weighted by molar-refractivity contribution is -0.116. The van der Waals surface area contributed by atoms with E-state index in [1.54, 1.807) is 12.1 Å². The number of anilines is 1. The maximum atomic E-state index is 11.8. The minimum absolute atomic E-state index is 0.00618. The van der Waals surface area contributed by atoms with Crippen molar-refractivity contribution in [2.24, 2.45) is 0 Å². The Balaban J connectivity index is 1.86. The molecule has 0 spiro atoms. The SMILES string of the molecule is CCCCCCC(=O)Nc1nnc(Cc2ccc(Cl)cc2Cl)s1. The first-order valence-corrected chi connectivity index (χ1v) is 9.22. The molecule has 0 radical (unpaired) electrons. The van der Waals surface area contributed by atoms with Crippen molar-refractivity contribution in [2.75, 3.05) is 5.32 Å². The monoisotopic (exact) mass is 371 g/mol. The van der Waals surface area contributed by atoms with Crippen molar-refractivity contribution < 1.29 is 4.79 Å². The van der Waals surface area contributed by atoms with Crippen LogP contribution in [0.2, 0.25) is 10.0 Å². The van der Waals surface area contributed by atoms with Crippen LogP contribution in [0.1, 0.15) is 49.6 Å². The average molecular weight is 372 g/mol. The van der Waals surface area contributed by atoms with Crippen LogP contribution in [0.15, 0.2) is 18.2 Å². The molecule has 1 amide bonds. The maximum Gasteiger partial charge on any atom is 0.226 e. The lowest BCUT2D eigenvalue weighted by Gasteiger charge is -2.02. The van der Waals surface area contributed by atoms with Crippen LogP contribution in [0, 0.1) is 0 Å². The smallest absolute Gasteiger partial charge is 0.226 e. The van der Waals surface area contributed by atoms with Gasteiger partial charge in [0.15, 0.2) is 0 Å². The van der Waals surface area contributed by atoms with E-state index in [9.17, 15) is 4.79 Å². The summed E-state index contributed by atoms with van der Waals surface area (Å²) in [4.78, 5) is 11.8. The molecular weight excluding hydrogens is 353 g/mol. The van der Waals surface area contributed by atoms with Gasteiger partial charge in [-0.2, -0.15) is 0 Å². The predicted octanol–water partition coefficient (Wildman–Crippen LogP) is 5.34. The van der Waals surface area contributed by atoms with Crippen LogP contribution in [-0.2, 0) is 11.2 Å². The Morgan fingerprint density at radius 3 is 2.78 bits per heavy atom. The Labute approximate surface area is 150 Å². The first kappa shape index (κ1) is 18.2. The van der Waals surface area contributed by atoms with Crippen molar-refractivity contribution in [3.05, 3.63) is 38.8 Å². The van der Waals surface area contributed by atoms with Gasteiger partial charge in [0.25, 0.3) is 0 Å². The van der Waals surface area contributed by atoms with Gasteiger partial charge in [-0.25, -0.2) is 0 Å². The molecule has 0 fully saturated rings. The Morgan fingerprint density at radius 2 is 2.04 bits per heavy atom. The summed E-state index contributed by atoms with van der Waals surface area (Å²) in [6, 6.07) is 5.37. The van der Waals surface area contributed by atoms with Gasteiger partial charge in [-0.05, 0) is 24.1 Å². The summed E-state index contributed by atoms with van der Waals surface area (Å²) in [7, 11) is 0. The summed E-state index contributed by atoms with van der Waals surface area (Å²) in [6.45, 7) is 2.15. The quantitative estimate of drug-likeness (QED) is 0.636. The molecule has 1 N–H and O–H groups in total. The van der Waals surface area contributed by atoms with Crippen LogP contribution in [0.3, 0.4) is 0 Å².